The summed E-state index contributed by atoms with van der Waals surface area (Å²) in [6.45, 7) is 7.78. The summed E-state index contributed by atoms with van der Waals surface area (Å²) in [5.41, 5.74) is 1.24. The summed E-state index contributed by atoms with van der Waals surface area (Å²) in [4.78, 5) is 10.8. The van der Waals surface area contributed by atoms with Gasteiger partial charge in [0.05, 0.1) is 0 Å². The van der Waals surface area contributed by atoms with Crippen molar-refractivity contribution in [2.75, 3.05) is 0 Å². The molecule has 0 radical (unpaired) electrons. The predicted molar refractivity (Wildman–Crippen MR) is 112 cm³/mol. The fraction of sp³-hybridized carbons (Fsp3) is 0.958. The van der Waals surface area contributed by atoms with E-state index in [0.29, 0.717) is 10.8 Å². The van der Waals surface area contributed by atoms with Crippen LogP contribution in [0.25, 0.3) is 0 Å². The van der Waals surface area contributed by atoms with Gasteiger partial charge in [-0.15, -0.1) is 0 Å². The molecular formula is C24H44O3. The van der Waals surface area contributed by atoms with Gasteiger partial charge >= 0.3 is 0 Å². The maximum Gasteiger partial charge on any atom is 0.120 e. The zero-order valence-electron chi connectivity index (χ0n) is 17.9. The zero-order chi connectivity index (χ0) is 17.7. The van der Waals surface area contributed by atoms with Crippen LogP contribution in [0.15, 0.2) is 0 Å². The molecule has 0 saturated heterocycles. The molecule has 1 unspecified atom stereocenters. The summed E-state index contributed by atoms with van der Waals surface area (Å²) in [6.07, 6.45) is 18.0. The second-order valence-corrected chi connectivity index (χ2v) is 10.9. The summed E-state index contributed by atoms with van der Waals surface area (Å²) in [5, 5.41) is 0. The van der Waals surface area contributed by atoms with Gasteiger partial charge in [-0.1, -0.05) is 33.6 Å². The highest BCUT2D eigenvalue weighted by Crippen LogP contribution is 2.68. The summed E-state index contributed by atoms with van der Waals surface area (Å²) in [5.74, 6) is 5.66. The van der Waals surface area contributed by atoms with Crippen molar-refractivity contribution in [1.82, 2.24) is 0 Å². The molecule has 3 nitrogen and oxygen atoms in total. The molecule has 27 heavy (non-hydrogen) atoms. The number of carbonyl (C=O) groups excluding carboxylic acids is 1. The molecule has 158 valence electrons. The average Bonchev–Trinajstić information content (AvgIpc) is 2.96. The molecule has 4 aliphatic carbocycles. The van der Waals surface area contributed by atoms with Crippen molar-refractivity contribution in [2.45, 2.75) is 97.8 Å². The highest BCUT2D eigenvalue weighted by atomic mass is 16.1. The van der Waals surface area contributed by atoms with E-state index >= 15 is 0 Å². The molecule has 4 N–H and O–H groups in total. The lowest BCUT2D eigenvalue weighted by atomic mass is 9.44. The Morgan fingerprint density at radius 3 is 2.37 bits per heavy atom. The van der Waals surface area contributed by atoms with Crippen LogP contribution in [0.5, 0.6) is 0 Å². The van der Waals surface area contributed by atoms with Crippen LogP contribution in [0, 0.1) is 46.3 Å². The van der Waals surface area contributed by atoms with Crippen molar-refractivity contribution in [3.8, 4) is 0 Å². The van der Waals surface area contributed by atoms with Crippen LogP contribution >= 0.6 is 0 Å². The topological polar surface area (TPSA) is 80.1 Å². The molecule has 0 aromatic heterocycles. The number of rotatable bonds is 4. The van der Waals surface area contributed by atoms with Crippen LogP contribution in [0.1, 0.15) is 97.8 Å². The Balaban J connectivity index is 0.00000131. The molecule has 0 bridgehead atoms. The Bertz CT molecular complexity index is 506. The van der Waals surface area contributed by atoms with E-state index in [1.54, 1.807) is 0 Å². The molecule has 3 heteroatoms. The lowest BCUT2D eigenvalue weighted by Gasteiger charge is -2.61. The van der Waals surface area contributed by atoms with Crippen molar-refractivity contribution in [2.24, 2.45) is 46.3 Å². The Morgan fingerprint density at radius 1 is 0.889 bits per heavy atom. The van der Waals surface area contributed by atoms with E-state index in [2.05, 4.69) is 20.8 Å². The van der Waals surface area contributed by atoms with Crippen LogP contribution in [-0.4, -0.2) is 17.2 Å². The summed E-state index contributed by atoms with van der Waals surface area (Å²) >= 11 is 0. The molecule has 4 aliphatic rings. The molecule has 4 fully saturated rings. The Hall–Kier alpha value is -0.410. The van der Waals surface area contributed by atoms with E-state index < -0.39 is 0 Å². The van der Waals surface area contributed by atoms with E-state index in [1.807, 2.05) is 0 Å². The maximum atomic E-state index is 10.8. The Morgan fingerprint density at radius 2 is 1.63 bits per heavy atom. The standard InChI is InChI=1S/C24H40O.2H2O/c1-17(7-6-16-25)20-11-12-21-19-10-9-18-8-4-5-14-23(18,2)22(19)13-15-24(20,21)3;;/h16-22H,4-15H2,1-3H3;2*1H2/t17-,18?,19+,20-,21+,22+,23+,24-;;/m1../s1. The second-order valence-electron chi connectivity index (χ2n) is 10.9. The van der Waals surface area contributed by atoms with Gasteiger partial charge in [-0.2, -0.15) is 0 Å². The second kappa shape index (κ2) is 8.53. The fourth-order valence-corrected chi connectivity index (χ4v) is 8.80. The highest BCUT2D eigenvalue weighted by Gasteiger charge is 2.59. The van der Waals surface area contributed by atoms with Gasteiger partial charge in [0.25, 0.3) is 0 Å². The largest absolute Gasteiger partial charge is 0.412 e. The normalized spacial score (nSPS) is 46.7. The first-order chi connectivity index (χ1) is 12.0. The maximum absolute atomic E-state index is 10.8. The van der Waals surface area contributed by atoms with Gasteiger partial charge < -0.3 is 15.7 Å². The van der Waals surface area contributed by atoms with Gasteiger partial charge in [-0.3, -0.25) is 0 Å². The third-order valence-electron chi connectivity index (χ3n) is 10.1. The minimum absolute atomic E-state index is 0. The summed E-state index contributed by atoms with van der Waals surface area (Å²) in [6, 6.07) is 0. The molecular weight excluding hydrogens is 336 g/mol. The Kier molecular flexibility index (Phi) is 7.23. The third kappa shape index (κ3) is 3.52. The van der Waals surface area contributed by atoms with Gasteiger partial charge in [-0.05, 0) is 104 Å². The number of aldehydes is 1. The number of hydrogen-bond acceptors (Lipinski definition) is 1. The van der Waals surface area contributed by atoms with Crippen molar-refractivity contribution >= 4 is 6.29 Å². The van der Waals surface area contributed by atoms with E-state index in [0.717, 1.165) is 54.6 Å². The summed E-state index contributed by atoms with van der Waals surface area (Å²) < 4.78 is 0. The van der Waals surface area contributed by atoms with Gasteiger partial charge in [0.1, 0.15) is 6.29 Å². The van der Waals surface area contributed by atoms with Crippen LogP contribution in [0.2, 0.25) is 0 Å². The number of hydrogen-bond donors (Lipinski definition) is 0. The predicted octanol–water partition coefficient (Wildman–Crippen LogP) is 5.00. The van der Waals surface area contributed by atoms with E-state index in [4.69, 9.17) is 0 Å². The highest BCUT2D eigenvalue weighted by molar-refractivity contribution is 5.49. The monoisotopic (exact) mass is 380 g/mol. The number of fused-ring (bicyclic) bond motifs is 5. The van der Waals surface area contributed by atoms with Crippen LogP contribution < -0.4 is 0 Å². The molecule has 8 atom stereocenters. The minimum atomic E-state index is 0. The summed E-state index contributed by atoms with van der Waals surface area (Å²) in [7, 11) is 0. The first-order valence-electron chi connectivity index (χ1n) is 11.4. The van der Waals surface area contributed by atoms with E-state index in [9.17, 15) is 4.79 Å². The first kappa shape index (κ1) is 22.9. The van der Waals surface area contributed by atoms with Crippen LogP contribution in [-0.2, 0) is 4.79 Å². The SMILES string of the molecule is C[C@H](CCC=O)[C@H]1CC[C@H]2[C@@H]3CCC4CCCC[C@]4(C)[C@H]3CC[C@]12C.O.O. The van der Waals surface area contributed by atoms with Crippen molar-refractivity contribution in [3.63, 3.8) is 0 Å². The lowest BCUT2D eigenvalue weighted by molar-refractivity contribution is -0.115. The molecule has 0 aromatic carbocycles. The third-order valence-corrected chi connectivity index (χ3v) is 10.1. The number of carbonyl (C=O) groups is 1. The van der Waals surface area contributed by atoms with E-state index in [1.165, 1.54) is 64.2 Å². The van der Waals surface area contributed by atoms with Crippen LogP contribution in [0.3, 0.4) is 0 Å². The van der Waals surface area contributed by atoms with Crippen molar-refractivity contribution in [1.29, 1.82) is 0 Å². The van der Waals surface area contributed by atoms with Crippen LogP contribution in [0.4, 0.5) is 0 Å². The lowest BCUT2D eigenvalue weighted by Crippen LogP contribution is -2.53. The molecule has 0 aromatic rings. The fourth-order valence-electron chi connectivity index (χ4n) is 8.80. The van der Waals surface area contributed by atoms with E-state index in [-0.39, 0.29) is 11.0 Å². The molecule has 0 heterocycles. The van der Waals surface area contributed by atoms with Crippen molar-refractivity contribution < 1.29 is 15.7 Å². The molecule has 4 saturated carbocycles. The zero-order valence-corrected chi connectivity index (χ0v) is 17.9. The van der Waals surface area contributed by atoms with Gasteiger partial charge in [0.15, 0.2) is 0 Å². The van der Waals surface area contributed by atoms with Gasteiger partial charge in [0, 0.05) is 6.42 Å². The molecule has 0 amide bonds. The smallest absolute Gasteiger partial charge is 0.120 e. The molecule has 0 aliphatic heterocycles. The Labute approximate surface area is 166 Å². The molecule has 0 spiro atoms. The van der Waals surface area contributed by atoms with Gasteiger partial charge in [-0.25, -0.2) is 0 Å². The average molecular weight is 381 g/mol. The quantitative estimate of drug-likeness (QED) is 0.632. The van der Waals surface area contributed by atoms with Gasteiger partial charge in [0.2, 0.25) is 0 Å². The minimum Gasteiger partial charge on any atom is -0.412 e. The first-order valence-corrected chi connectivity index (χ1v) is 11.4. The van der Waals surface area contributed by atoms with Crippen molar-refractivity contribution in [3.05, 3.63) is 0 Å². The molecule has 4 rings (SSSR count).